The number of nitrogens with one attached hydrogen (secondary N) is 2. The van der Waals surface area contributed by atoms with Gasteiger partial charge >= 0.3 is 0 Å². The highest BCUT2D eigenvalue weighted by atomic mass is 16.5. The van der Waals surface area contributed by atoms with Crippen molar-refractivity contribution >= 4 is 5.91 Å². The highest BCUT2D eigenvalue weighted by Gasteiger charge is 2.23. The lowest BCUT2D eigenvalue weighted by Gasteiger charge is -2.21. The smallest absolute Gasteiger partial charge is 0.221 e. The van der Waals surface area contributed by atoms with Gasteiger partial charge < -0.3 is 15.4 Å². The number of rotatable bonds is 5. The fourth-order valence-electron chi connectivity index (χ4n) is 2.29. The van der Waals surface area contributed by atoms with Crippen molar-refractivity contribution in [2.45, 2.75) is 32.4 Å². The van der Waals surface area contributed by atoms with Crippen molar-refractivity contribution in [3.05, 3.63) is 29.8 Å². The molecule has 0 aromatic heterocycles. The minimum Gasteiger partial charge on any atom is -0.494 e. The molecular weight excluding hydrogens is 228 g/mol. The zero-order valence-corrected chi connectivity index (χ0v) is 10.9. The minimum atomic E-state index is 0.123. The van der Waals surface area contributed by atoms with Crippen LogP contribution in [0.2, 0.25) is 0 Å². The average molecular weight is 248 g/mol. The lowest BCUT2D eigenvalue weighted by molar-refractivity contribution is -0.119. The first-order chi connectivity index (χ1) is 8.70. The molecule has 0 aliphatic carbocycles. The van der Waals surface area contributed by atoms with E-state index >= 15 is 0 Å². The van der Waals surface area contributed by atoms with Crippen LogP contribution in [0.3, 0.4) is 0 Å². The van der Waals surface area contributed by atoms with E-state index in [0.29, 0.717) is 19.6 Å². The van der Waals surface area contributed by atoms with Gasteiger partial charge in [0.1, 0.15) is 5.75 Å². The molecule has 1 aliphatic heterocycles. The number of amides is 1. The second kappa shape index (κ2) is 5.87. The van der Waals surface area contributed by atoms with E-state index in [0.717, 1.165) is 11.3 Å². The van der Waals surface area contributed by atoms with Crippen LogP contribution in [0.4, 0.5) is 0 Å². The zero-order chi connectivity index (χ0) is 13.0. The van der Waals surface area contributed by atoms with Crippen LogP contribution in [0.15, 0.2) is 24.3 Å². The van der Waals surface area contributed by atoms with Gasteiger partial charge in [-0.3, -0.25) is 4.79 Å². The van der Waals surface area contributed by atoms with Gasteiger partial charge in [-0.05, 0) is 19.9 Å². The van der Waals surface area contributed by atoms with Gasteiger partial charge in [0.2, 0.25) is 5.91 Å². The van der Waals surface area contributed by atoms with E-state index in [-0.39, 0.29) is 18.0 Å². The van der Waals surface area contributed by atoms with Crippen molar-refractivity contribution in [2.75, 3.05) is 13.2 Å². The van der Waals surface area contributed by atoms with Crippen LogP contribution in [0.5, 0.6) is 5.75 Å². The number of carbonyl (C=O) groups excluding carboxylic acids is 1. The highest BCUT2D eigenvalue weighted by Crippen LogP contribution is 2.25. The monoisotopic (exact) mass is 248 g/mol. The predicted molar refractivity (Wildman–Crippen MR) is 70.6 cm³/mol. The molecule has 1 amide bonds. The standard InChI is InChI=1S/C14H20N2O2/c1-3-18-13-7-5-4-6-12(13)10(2)16-11-8-14(17)15-9-11/h4-7,10-11,16H,3,8-9H2,1-2H3,(H,15,17). The Morgan fingerprint density at radius 2 is 2.28 bits per heavy atom. The van der Waals surface area contributed by atoms with E-state index in [4.69, 9.17) is 4.74 Å². The van der Waals surface area contributed by atoms with Gasteiger partial charge in [-0.25, -0.2) is 0 Å². The summed E-state index contributed by atoms with van der Waals surface area (Å²) in [6.45, 7) is 5.45. The molecule has 1 fully saturated rings. The Morgan fingerprint density at radius 1 is 1.50 bits per heavy atom. The van der Waals surface area contributed by atoms with Crippen molar-refractivity contribution in [1.82, 2.24) is 10.6 Å². The Morgan fingerprint density at radius 3 is 2.94 bits per heavy atom. The molecule has 0 bridgehead atoms. The van der Waals surface area contributed by atoms with E-state index in [1.807, 2.05) is 25.1 Å². The molecule has 18 heavy (non-hydrogen) atoms. The minimum absolute atomic E-state index is 0.123. The molecule has 1 aliphatic rings. The Bertz CT molecular complexity index is 420. The average Bonchev–Trinajstić information content (AvgIpc) is 2.76. The Balaban J connectivity index is 2.03. The Labute approximate surface area is 108 Å². The summed E-state index contributed by atoms with van der Waals surface area (Å²) in [6, 6.07) is 8.41. The summed E-state index contributed by atoms with van der Waals surface area (Å²) in [5, 5.41) is 6.29. The van der Waals surface area contributed by atoms with E-state index in [9.17, 15) is 4.79 Å². The summed E-state index contributed by atoms with van der Waals surface area (Å²) in [4.78, 5) is 11.2. The molecule has 98 valence electrons. The fourth-order valence-corrected chi connectivity index (χ4v) is 2.29. The molecule has 0 spiro atoms. The number of benzene rings is 1. The number of hydrogen-bond donors (Lipinski definition) is 2. The maximum atomic E-state index is 11.2. The van der Waals surface area contributed by atoms with Gasteiger partial charge in [0.25, 0.3) is 0 Å². The molecule has 0 radical (unpaired) electrons. The highest BCUT2D eigenvalue weighted by molar-refractivity contribution is 5.78. The Hall–Kier alpha value is -1.55. The van der Waals surface area contributed by atoms with Crippen molar-refractivity contribution in [1.29, 1.82) is 0 Å². The molecule has 2 N–H and O–H groups in total. The lowest BCUT2D eigenvalue weighted by Crippen LogP contribution is -2.33. The van der Waals surface area contributed by atoms with Gasteiger partial charge in [-0.2, -0.15) is 0 Å². The molecule has 2 rings (SSSR count). The molecule has 0 saturated carbocycles. The zero-order valence-electron chi connectivity index (χ0n) is 10.9. The van der Waals surface area contributed by atoms with E-state index < -0.39 is 0 Å². The summed E-state index contributed by atoms with van der Waals surface area (Å²) in [6.07, 6.45) is 0.557. The number of ether oxygens (including phenoxy) is 1. The summed E-state index contributed by atoms with van der Waals surface area (Å²) in [7, 11) is 0. The van der Waals surface area contributed by atoms with E-state index in [2.05, 4.69) is 23.6 Å². The first-order valence-corrected chi connectivity index (χ1v) is 6.45. The molecule has 1 aromatic carbocycles. The molecule has 1 heterocycles. The molecule has 2 atom stereocenters. The SMILES string of the molecule is CCOc1ccccc1C(C)NC1CNC(=O)C1. The van der Waals surface area contributed by atoms with E-state index in [1.165, 1.54) is 0 Å². The number of carbonyl (C=O) groups is 1. The predicted octanol–water partition coefficient (Wildman–Crippen LogP) is 1.62. The third-order valence-electron chi connectivity index (χ3n) is 3.15. The van der Waals surface area contributed by atoms with Crippen molar-refractivity contribution in [3.63, 3.8) is 0 Å². The van der Waals surface area contributed by atoms with Crippen LogP contribution in [0, 0.1) is 0 Å². The quantitative estimate of drug-likeness (QED) is 0.832. The molecular formula is C14H20N2O2. The van der Waals surface area contributed by atoms with Gasteiger partial charge in [-0.15, -0.1) is 0 Å². The topological polar surface area (TPSA) is 50.4 Å². The summed E-state index contributed by atoms with van der Waals surface area (Å²) >= 11 is 0. The second-order valence-electron chi connectivity index (χ2n) is 4.56. The normalized spacial score (nSPS) is 20.6. The first kappa shape index (κ1) is 12.9. The number of para-hydroxylation sites is 1. The van der Waals surface area contributed by atoms with Crippen LogP contribution in [-0.4, -0.2) is 25.1 Å². The maximum absolute atomic E-state index is 11.2. The lowest BCUT2D eigenvalue weighted by atomic mass is 10.1. The van der Waals surface area contributed by atoms with Crippen molar-refractivity contribution in [3.8, 4) is 5.75 Å². The van der Waals surface area contributed by atoms with Crippen LogP contribution in [-0.2, 0) is 4.79 Å². The molecule has 1 saturated heterocycles. The third kappa shape index (κ3) is 3.01. The second-order valence-corrected chi connectivity index (χ2v) is 4.56. The van der Waals surface area contributed by atoms with Gasteiger partial charge in [0.15, 0.2) is 0 Å². The Kier molecular flexibility index (Phi) is 4.20. The van der Waals surface area contributed by atoms with Crippen LogP contribution in [0.1, 0.15) is 31.9 Å². The largest absolute Gasteiger partial charge is 0.494 e. The summed E-state index contributed by atoms with van der Waals surface area (Å²) < 4.78 is 5.62. The van der Waals surface area contributed by atoms with Gasteiger partial charge in [-0.1, -0.05) is 18.2 Å². The molecule has 4 nitrogen and oxygen atoms in total. The fraction of sp³-hybridized carbons (Fsp3) is 0.500. The summed E-state index contributed by atoms with van der Waals surface area (Å²) in [5.74, 6) is 1.04. The van der Waals surface area contributed by atoms with Crippen LogP contribution in [0.25, 0.3) is 0 Å². The third-order valence-corrected chi connectivity index (χ3v) is 3.15. The molecule has 1 aromatic rings. The maximum Gasteiger partial charge on any atom is 0.221 e. The number of hydrogen-bond acceptors (Lipinski definition) is 3. The van der Waals surface area contributed by atoms with Crippen molar-refractivity contribution < 1.29 is 9.53 Å². The summed E-state index contributed by atoms with van der Waals surface area (Å²) in [5.41, 5.74) is 1.14. The molecule has 4 heteroatoms. The first-order valence-electron chi connectivity index (χ1n) is 6.45. The van der Waals surface area contributed by atoms with Crippen molar-refractivity contribution in [2.24, 2.45) is 0 Å². The van der Waals surface area contributed by atoms with Gasteiger partial charge in [0, 0.05) is 30.6 Å². The van der Waals surface area contributed by atoms with E-state index in [1.54, 1.807) is 0 Å². The van der Waals surface area contributed by atoms with Crippen LogP contribution >= 0.6 is 0 Å². The molecule has 2 unspecified atom stereocenters. The van der Waals surface area contributed by atoms with Crippen LogP contribution < -0.4 is 15.4 Å². The van der Waals surface area contributed by atoms with Gasteiger partial charge in [0.05, 0.1) is 6.61 Å².